The molecule has 5 atom stereocenters. The molecule has 1 saturated carbocycles. The van der Waals surface area contributed by atoms with Gasteiger partial charge in [0.15, 0.2) is 0 Å². The summed E-state index contributed by atoms with van der Waals surface area (Å²) in [5.74, 6) is 0.286. The Morgan fingerprint density at radius 2 is 1.86 bits per heavy atom. The lowest BCUT2D eigenvalue weighted by atomic mass is 9.76. The van der Waals surface area contributed by atoms with Crippen LogP contribution in [0.5, 0.6) is 0 Å². The van der Waals surface area contributed by atoms with Gasteiger partial charge in [-0.25, -0.2) is 0 Å². The minimum Gasteiger partial charge on any atom is -0.480 e. The Labute approximate surface area is 173 Å². The van der Waals surface area contributed by atoms with Crippen molar-refractivity contribution in [3.63, 3.8) is 0 Å². The van der Waals surface area contributed by atoms with Gasteiger partial charge in [0.2, 0.25) is 0 Å². The molecule has 1 rings (SSSR count). The van der Waals surface area contributed by atoms with E-state index in [1.165, 1.54) is 0 Å². The fourth-order valence-corrected chi connectivity index (χ4v) is 3.97. The molecule has 0 aliphatic heterocycles. The summed E-state index contributed by atoms with van der Waals surface area (Å²) in [5.41, 5.74) is 10.4. The van der Waals surface area contributed by atoms with Gasteiger partial charge in [-0.1, -0.05) is 73.5 Å². The molecular weight excluding hydrogens is 355 g/mol. The van der Waals surface area contributed by atoms with Crippen LogP contribution in [0.15, 0.2) is 0 Å². The monoisotopic (exact) mass is 399 g/mol. The molecule has 0 aromatic heterocycles. The highest BCUT2D eigenvalue weighted by atomic mass is 16.4. The highest BCUT2D eigenvalue weighted by molar-refractivity contribution is 6.25. The van der Waals surface area contributed by atoms with Gasteiger partial charge in [0, 0.05) is 0 Å². The molecule has 0 amide bonds. The summed E-state index contributed by atoms with van der Waals surface area (Å²) in [7, 11) is 1.15. The zero-order valence-electron chi connectivity index (χ0n) is 18.9. The molecular formula is C21H44BN2O4. The van der Waals surface area contributed by atoms with E-state index >= 15 is 0 Å². The molecule has 165 valence electrons. The average molecular weight is 399 g/mol. The summed E-state index contributed by atoms with van der Waals surface area (Å²) in [4.78, 5) is 21.4. The Kier molecular flexibility index (Phi) is 16.7. The lowest BCUT2D eigenvalue weighted by Crippen LogP contribution is -2.52. The van der Waals surface area contributed by atoms with Crippen molar-refractivity contribution in [2.45, 2.75) is 98.0 Å². The molecule has 0 spiro atoms. The second-order valence-corrected chi connectivity index (χ2v) is 7.85. The largest absolute Gasteiger partial charge is 0.480 e. The highest BCUT2D eigenvalue weighted by Gasteiger charge is 2.54. The molecule has 28 heavy (non-hydrogen) atoms. The van der Waals surface area contributed by atoms with Crippen molar-refractivity contribution < 1.29 is 19.7 Å². The normalized spacial score (nSPS) is 27.1. The van der Waals surface area contributed by atoms with E-state index < -0.39 is 11.5 Å². The molecule has 5 unspecified atom stereocenters. The molecule has 0 aromatic carbocycles. The van der Waals surface area contributed by atoms with E-state index in [2.05, 4.69) is 13.8 Å². The van der Waals surface area contributed by atoms with Crippen LogP contribution in [0.3, 0.4) is 0 Å². The fourth-order valence-electron chi connectivity index (χ4n) is 3.97. The third-order valence-corrected chi connectivity index (χ3v) is 5.70. The van der Waals surface area contributed by atoms with Crippen LogP contribution in [0.2, 0.25) is 6.32 Å². The van der Waals surface area contributed by atoms with Crippen molar-refractivity contribution in [2.75, 3.05) is 0 Å². The molecule has 0 aromatic rings. The van der Waals surface area contributed by atoms with E-state index in [0.29, 0.717) is 24.6 Å². The van der Waals surface area contributed by atoms with Crippen LogP contribution in [0.4, 0.5) is 0 Å². The van der Waals surface area contributed by atoms with Crippen LogP contribution in [0.25, 0.3) is 0 Å². The van der Waals surface area contributed by atoms with Gasteiger partial charge < -0.3 is 26.4 Å². The standard InChI is InChI=1S/C14H27BNO3.C5H11NO.C2H6/c1-3-6-11-10(4-2)9-14(16,13(17)18)12(11)7-5-8-15-19;1-4(2)5(6)3-7;1-2/h10-12,19H,3-9,16H2,1-2H3,(H,17,18);3-5H,6H2,1-2H3;1-2H3. The summed E-state index contributed by atoms with van der Waals surface area (Å²) in [5, 5.41) is 18.3. The number of carbonyl (C=O) groups is 2. The molecule has 1 fully saturated rings. The Bertz CT molecular complexity index is 423. The van der Waals surface area contributed by atoms with Crippen LogP contribution in [-0.2, 0) is 9.59 Å². The maximum Gasteiger partial charge on any atom is 0.323 e. The van der Waals surface area contributed by atoms with Gasteiger partial charge >= 0.3 is 5.97 Å². The zero-order chi connectivity index (χ0) is 22.3. The van der Waals surface area contributed by atoms with Gasteiger partial charge in [0.1, 0.15) is 11.8 Å². The maximum atomic E-state index is 11.6. The molecule has 0 heterocycles. The van der Waals surface area contributed by atoms with E-state index in [4.69, 9.17) is 16.5 Å². The van der Waals surface area contributed by atoms with Gasteiger partial charge in [-0.05, 0) is 36.5 Å². The number of rotatable bonds is 10. The smallest absolute Gasteiger partial charge is 0.323 e. The predicted octanol–water partition coefficient (Wildman–Crippen LogP) is 3.24. The molecule has 6 N–H and O–H groups in total. The molecule has 0 saturated heterocycles. The molecule has 6 nitrogen and oxygen atoms in total. The summed E-state index contributed by atoms with van der Waals surface area (Å²) in [6, 6.07) is -0.278. The first-order valence-corrected chi connectivity index (χ1v) is 10.9. The minimum absolute atomic E-state index is 0.0369. The average Bonchev–Trinajstić information content (AvgIpc) is 2.96. The third kappa shape index (κ3) is 9.06. The van der Waals surface area contributed by atoms with Gasteiger partial charge in [-0.3, -0.25) is 4.79 Å². The maximum absolute atomic E-state index is 11.6. The molecule has 1 radical (unpaired) electrons. The van der Waals surface area contributed by atoms with Crippen molar-refractivity contribution >= 4 is 19.7 Å². The second-order valence-electron chi connectivity index (χ2n) is 7.85. The number of aliphatic carboxylic acids is 1. The molecule has 7 heteroatoms. The Morgan fingerprint density at radius 1 is 1.29 bits per heavy atom. The van der Waals surface area contributed by atoms with E-state index in [1.807, 2.05) is 27.7 Å². The lowest BCUT2D eigenvalue weighted by molar-refractivity contribution is -0.145. The van der Waals surface area contributed by atoms with Crippen LogP contribution in [0.1, 0.15) is 80.1 Å². The highest BCUT2D eigenvalue weighted by Crippen LogP contribution is 2.49. The van der Waals surface area contributed by atoms with E-state index in [1.54, 1.807) is 0 Å². The van der Waals surface area contributed by atoms with Crippen molar-refractivity contribution in [3.05, 3.63) is 0 Å². The number of carbonyl (C=O) groups excluding carboxylic acids is 1. The van der Waals surface area contributed by atoms with Gasteiger partial charge in [0.25, 0.3) is 7.48 Å². The molecule has 0 bridgehead atoms. The zero-order valence-corrected chi connectivity index (χ0v) is 18.9. The van der Waals surface area contributed by atoms with Crippen LogP contribution < -0.4 is 11.5 Å². The first-order valence-electron chi connectivity index (χ1n) is 10.9. The van der Waals surface area contributed by atoms with E-state index in [0.717, 1.165) is 45.9 Å². The van der Waals surface area contributed by atoms with Gasteiger partial charge in [-0.2, -0.15) is 0 Å². The topological polar surface area (TPSA) is 127 Å². The van der Waals surface area contributed by atoms with Crippen molar-refractivity contribution in [2.24, 2.45) is 35.1 Å². The predicted molar refractivity (Wildman–Crippen MR) is 117 cm³/mol. The summed E-state index contributed by atoms with van der Waals surface area (Å²) in [6.07, 6.45) is 6.70. The summed E-state index contributed by atoms with van der Waals surface area (Å²) in [6.45, 7) is 12.1. The van der Waals surface area contributed by atoms with Crippen LogP contribution >= 0.6 is 0 Å². The van der Waals surface area contributed by atoms with Crippen molar-refractivity contribution in [1.29, 1.82) is 0 Å². The van der Waals surface area contributed by atoms with Gasteiger partial charge in [-0.15, -0.1) is 0 Å². The quantitative estimate of drug-likeness (QED) is 0.254. The van der Waals surface area contributed by atoms with E-state index in [9.17, 15) is 14.7 Å². The lowest BCUT2D eigenvalue weighted by Gasteiger charge is -2.30. The Morgan fingerprint density at radius 3 is 2.18 bits per heavy atom. The number of hydrogen-bond donors (Lipinski definition) is 4. The Balaban J connectivity index is 0. The van der Waals surface area contributed by atoms with Crippen molar-refractivity contribution in [1.82, 2.24) is 0 Å². The number of nitrogens with two attached hydrogens (primary N) is 2. The minimum atomic E-state index is -1.07. The second kappa shape index (κ2) is 15.9. The number of carboxylic acids is 1. The third-order valence-electron chi connectivity index (χ3n) is 5.70. The molecule has 1 aliphatic carbocycles. The number of hydrogen-bond acceptors (Lipinski definition) is 5. The number of carboxylic acid groups (broad SMARTS) is 1. The first kappa shape index (κ1) is 29.3. The van der Waals surface area contributed by atoms with E-state index in [-0.39, 0.29) is 17.9 Å². The SMILES string of the molecule is CC.CC(C)C(N)C=O.CCCC1C(CC)CC(N)(C(=O)O)C1CCC[B]O. The molecule has 1 aliphatic rings. The first-order chi connectivity index (χ1) is 13.2. The summed E-state index contributed by atoms with van der Waals surface area (Å²) < 4.78 is 0. The fraction of sp³-hybridized carbons (Fsp3) is 0.905. The summed E-state index contributed by atoms with van der Waals surface area (Å²) >= 11 is 0. The van der Waals surface area contributed by atoms with Gasteiger partial charge in [0.05, 0.1) is 6.04 Å². The number of aldehydes is 1. The van der Waals surface area contributed by atoms with Crippen molar-refractivity contribution in [3.8, 4) is 0 Å². The Hall–Kier alpha value is -0.915. The van der Waals surface area contributed by atoms with Crippen LogP contribution in [0, 0.1) is 23.7 Å². The van der Waals surface area contributed by atoms with Crippen LogP contribution in [-0.4, -0.2) is 41.4 Å².